The summed E-state index contributed by atoms with van der Waals surface area (Å²) in [6, 6.07) is 5.02. The lowest BCUT2D eigenvalue weighted by atomic mass is 10.2. The van der Waals surface area contributed by atoms with Crippen LogP contribution < -0.4 is 21.1 Å². The summed E-state index contributed by atoms with van der Waals surface area (Å²) in [5.41, 5.74) is 6.26. The van der Waals surface area contributed by atoms with Crippen LogP contribution in [0.1, 0.15) is 19.8 Å². The van der Waals surface area contributed by atoms with E-state index >= 15 is 0 Å². The van der Waals surface area contributed by atoms with E-state index in [2.05, 4.69) is 10.6 Å². The van der Waals surface area contributed by atoms with Crippen molar-refractivity contribution in [2.45, 2.75) is 19.8 Å². The second kappa shape index (κ2) is 7.38. The highest BCUT2D eigenvalue weighted by Crippen LogP contribution is 2.27. The summed E-state index contributed by atoms with van der Waals surface area (Å²) in [6.07, 6.45) is 1.18. The highest BCUT2D eigenvalue weighted by atomic mass is 16.5. The molecule has 2 amide bonds. The summed E-state index contributed by atoms with van der Waals surface area (Å²) in [6.45, 7) is 1.80. The Morgan fingerprint density at radius 2 is 1.89 bits per heavy atom. The Labute approximate surface area is 112 Å². The molecule has 0 aromatic heterocycles. The van der Waals surface area contributed by atoms with E-state index in [1.54, 1.807) is 18.2 Å². The Morgan fingerprint density at radius 3 is 2.47 bits per heavy atom. The highest BCUT2D eigenvalue weighted by molar-refractivity contribution is 6.00. The van der Waals surface area contributed by atoms with Gasteiger partial charge in [-0.1, -0.05) is 6.92 Å². The van der Waals surface area contributed by atoms with Crippen molar-refractivity contribution in [2.24, 2.45) is 5.73 Å². The minimum Gasteiger partial charge on any atom is -0.497 e. The van der Waals surface area contributed by atoms with Crippen LogP contribution in [0.2, 0.25) is 0 Å². The summed E-state index contributed by atoms with van der Waals surface area (Å²) < 4.78 is 5.08. The molecule has 1 rings (SSSR count). The molecule has 0 aliphatic rings. The maximum absolute atomic E-state index is 11.6. The van der Waals surface area contributed by atoms with E-state index in [-0.39, 0.29) is 18.4 Å². The van der Waals surface area contributed by atoms with Gasteiger partial charge in [-0.2, -0.15) is 0 Å². The molecule has 0 fully saturated rings. The van der Waals surface area contributed by atoms with Crippen molar-refractivity contribution < 1.29 is 14.3 Å². The fourth-order valence-corrected chi connectivity index (χ4v) is 1.50. The number of benzene rings is 1. The molecule has 0 saturated carbocycles. The predicted molar refractivity (Wildman–Crippen MR) is 74.2 cm³/mol. The van der Waals surface area contributed by atoms with Crippen molar-refractivity contribution in [3.05, 3.63) is 18.2 Å². The van der Waals surface area contributed by atoms with Gasteiger partial charge in [-0.3, -0.25) is 9.59 Å². The Balaban J connectivity index is 2.94. The van der Waals surface area contributed by atoms with Gasteiger partial charge in [-0.15, -0.1) is 0 Å². The zero-order valence-electron chi connectivity index (χ0n) is 11.2. The van der Waals surface area contributed by atoms with Crippen molar-refractivity contribution in [3.8, 4) is 5.75 Å². The summed E-state index contributed by atoms with van der Waals surface area (Å²) in [5.74, 6) is 0.149. The van der Waals surface area contributed by atoms with Gasteiger partial charge in [0.15, 0.2) is 0 Å². The van der Waals surface area contributed by atoms with Crippen molar-refractivity contribution in [3.63, 3.8) is 0 Å². The number of amides is 2. The molecule has 0 aliphatic heterocycles. The molecule has 0 spiro atoms. The van der Waals surface area contributed by atoms with Crippen LogP contribution in [0.25, 0.3) is 0 Å². The maximum Gasteiger partial charge on any atom is 0.238 e. The van der Waals surface area contributed by atoms with Gasteiger partial charge in [-0.25, -0.2) is 0 Å². The molecule has 0 unspecified atom stereocenters. The lowest BCUT2D eigenvalue weighted by Gasteiger charge is -2.13. The summed E-state index contributed by atoms with van der Waals surface area (Å²) in [7, 11) is 1.53. The number of rotatable bonds is 6. The second-order valence-electron chi connectivity index (χ2n) is 3.96. The molecular formula is C13H19N3O3. The topological polar surface area (TPSA) is 93.5 Å². The van der Waals surface area contributed by atoms with Gasteiger partial charge < -0.3 is 21.1 Å². The lowest BCUT2D eigenvalue weighted by molar-refractivity contribution is -0.116. The smallest absolute Gasteiger partial charge is 0.238 e. The number of hydrogen-bond donors (Lipinski definition) is 3. The van der Waals surface area contributed by atoms with Crippen molar-refractivity contribution in [1.82, 2.24) is 0 Å². The van der Waals surface area contributed by atoms with Crippen molar-refractivity contribution in [2.75, 3.05) is 24.3 Å². The van der Waals surface area contributed by atoms with Crippen molar-refractivity contribution in [1.29, 1.82) is 0 Å². The molecule has 6 nitrogen and oxygen atoms in total. The molecule has 0 saturated heterocycles. The molecule has 1 aromatic carbocycles. The van der Waals surface area contributed by atoms with Gasteiger partial charge in [0, 0.05) is 12.5 Å². The second-order valence-corrected chi connectivity index (χ2v) is 3.96. The number of carbonyl (C=O) groups excluding carboxylic acids is 2. The van der Waals surface area contributed by atoms with Crippen LogP contribution in [-0.4, -0.2) is 25.5 Å². The molecule has 0 aliphatic carbocycles. The van der Waals surface area contributed by atoms with Gasteiger partial charge in [-0.05, 0) is 18.6 Å². The third-order valence-electron chi connectivity index (χ3n) is 2.44. The average molecular weight is 265 g/mol. The number of anilines is 2. The van der Waals surface area contributed by atoms with Crippen molar-refractivity contribution >= 4 is 23.2 Å². The number of hydrogen-bond acceptors (Lipinski definition) is 4. The van der Waals surface area contributed by atoms with Crippen LogP contribution in [0, 0.1) is 0 Å². The van der Waals surface area contributed by atoms with Gasteiger partial charge in [0.05, 0.1) is 25.0 Å². The number of ether oxygens (including phenoxy) is 1. The van der Waals surface area contributed by atoms with Crippen LogP contribution in [0.5, 0.6) is 5.75 Å². The lowest BCUT2D eigenvalue weighted by Crippen LogP contribution is -2.23. The van der Waals surface area contributed by atoms with E-state index in [9.17, 15) is 9.59 Å². The molecule has 1 aromatic rings. The average Bonchev–Trinajstić information content (AvgIpc) is 2.40. The van der Waals surface area contributed by atoms with E-state index in [1.807, 2.05) is 6.92 Å². The number of carbonyl (C=O) groups is 2. The summed E-state index contributed by atoms with van der Waals surface area (Å²) >= 11 is 0. The van der Waals surface area contributed by atoms with Crippen LogP contribution in [0.4, 0.5) is 11.4 Å². The Kier molecular flexibility index (Phi) is 5.81. The Hall–Kier alpha value is -2.08. The maximum atomic E-state index is 11.6. The van der Waals surface area contributed by atoms with Gasteiger partial charge >= 0.3 is 0 Å². The first kappa shape index (κ1) is 15.0. The molecule has 0 bridgehead atoms. The molecule has 19 heavy (non-hydrogen) atoms. The van der Waals surface area contributed by atoms with E-state index < -0.39 is 0 Å². The minimum atomic E-state index is -0.334. The molecular weight excluding hydrogens is 246 g/mol. The molecule has 0 atom stereocenters. The third kappa shape index (κ3) is 4.59. The monoisotopic (exact) mass is 265 g/mol. The SMILES string of the molecule is CCCC(=O)Nc1ccc(OC)cc1NC(=O)CN. The molecule has 6 heteroatoms. The fourth-order valence-electron chi connectivity index (χ4n) is 1.50. The first-order valence-electron chi connectivity index (χ1n) is 6.08. The van der Waals surface area contributed by atoms with E-state index in [4.69, 9.17) is 10.5 Å². The predicted octanol–water partition coefficient (Wildman–Crippen LogP) is 1.33. The number of nitrogens with two attached hydrogens (primary N) is 1. The number of nitrogens with one attached hydrogen (secondary N) is 2. The largest absolute Gasteiger partial charge is 0.497 e. The van der Waals surface area contributed by atoms with Crippen LogP contribution in [0.3, 0.4) is 0 Å². The highest BCUT2D eigenvalue weighted by Gasteiger charge is 2.10. The van der Waals surface area contributed by atoms with Gasteiger partial charge in [0.1, 0.15) is 5.75 Å². The Morgan fingerprint density at radius 1 is 1.21 bits per heavy atom. The van der Waals surface area contributed by atoms with Gasteiger partial charge in [0.2, 0.25) is 11.8 Å². The van der Waals surface area contributed by atoms with Gasteiger partial charge in [0.25, 0.3) is 0 Å². The first-order chi connectivity index (χ1) is 9.10. The summed E-state index contributed by atoms with van der Waals surface area (Å²) in [5, 5.41) is 5.37. The minimum absolute atomic E-state index is 0.101. The molecule has 0 radical (unpaired) electrons. The zero-order valence-corrected chi connectivity index (χ0v) is 11.2. The molecule has 104 valence electrons. The third-order valence-corrected chi connectivity index (χ3v) is 2.44. The van der Waals surface area contributed by atoms with E-state index in [1.165, 1.54) is 7.11 Å². The quantitative estimate of drug-likeness (QED) is 0.723. The summed E-state index contributed by atoms with van der Waals surface area (Å²) in [4.78, 5) is 22.9. The standard InChI is InChI=1S/C13H19N3O3/c1-3-4-12(17)15-10-6-5-9(19-2)7-11(10)16-13(18)8-14/h5-7H,3-4,8,14H2,1-2H3,(H,15,17)(H,16,18). The van der Waals surface area contributed by atoms with Crippen LogP contribution >= 0.6 is 0 Å². The molecule has 0 heterocycles. The molecule has 4 N–H and O–H groups in total. The van der Waals surface area contributed by atoms with Crippen LogP contribution in [0.15, 0.2) is 18.2 Å². The fraction of sp³-hybridized carbons (Fsp3) is 0.385. The van der Waals surface area contributed by atoms with E-state index in [0.717, 1.165) is 6.42 Å². The van der Waals surface area contributed by atoms with Crippen LogP contribution in [-0.2, 0) is 9.59 Å². The van der Waals surface area contributed by atoms with E-state index in [0.29, 0.717) is 23.5 Å². The number of methoxy groups -OCH3 is 1. The first-order valence-corrected chi connectivity index (χ1v) is 6.08. The zero-order chi connectivity index (χ0) is 14.3. The Bertz CT molecular complexity index is 460. The normalized spacial score (nSPS) is 9.84.